The lowest BCUT2D eigenvalue weighted by molar-refractivity contribution is -0.158. The van der Waals surface area contributed by atoms with Crippen LogP contribution >= 0.6 is 0 Å². The summed E-state index contributed by atoms with van der Waals surface area (Å²) in [6, 6.07) is -1.09. The summed E-state index contributed by atoms with van der Waals surface area (Å²) < 4.78 is 12.0. The minimum absolute atomic E-state index is 0.418. The van der Waals surface area contributed by atoms with Crippen molar-refractivity contribution in [3.8, 4) is 0 Å². The van der Waals surface area contributed by atoms with Crippen LogP contribution in [0.2, 0.25) is 0 Å². The Hall–Kier alpha value is -2.12. The van der Waals surface area contributed by atoms with Crippen molar-refractivity contribution < 1.29 is 19.1 Å². The van der Waals surface area contributed by atoms with Crippen LogP contribution in [0, 0.1) is 0 Å². The third-order valence-electron chi connectivity index (χ3n) is 2.89. The lowest BCUT2D eigenvalue weighted by atomic mass is 10.2. The van der Waals surface area contributed by atoms with E-state index in [4.69, 9.17) is 9.47 Å². The quantitative estimate of drug-likeness (QED) is 0.847. The van der Waals surface area contributed by atoms with Crippen LogP contribution in [0.25, 0.3) is 0 Å². The second kappa shape index (κ2) is 7.19. The highest BCUT2D eigenvalue weighted by Gasteiger charge is 2.27. The molecule has 24 heavy (non-hydrogen) atoms. The van der Waals surface area contributed by atoms with Crippen LogP contribution in [0.15, 0.2) is 6.20 Å². The fourth-order valence-corrected chi connectivity index (χ4v) is 1.91. The van der Waals surface area contributed by atoms with Crippen LogP contribution in [0.1, 0.15) is 73.2 Å². The first-order valence-corrected chi connectivity index (χ1v) is 7.92. The zero-order valence-electron chi connectivity index (χ0n) is 15.7. The number of carbonyl (C=O) groups is 2. The fourth-order valence-electron chi connectivity index (χ4n) is 1.91. The van der Waals surface area contributed by atoms with Crippen LogP contribution in [0.5, 0.6) is 0 Å². The molecule has 0 aliphatic heterocycles. The predicted octanol–water partition coefficient (Wildman–Crippen LogP) is 2.77. The van der Waals surface area contributed by atoms with Crippen molar-refractivity contribution in [3.63, 3.8) is 0 Å². The Morgan fingerprint density at radius 1 is 1.08 bits per heavy atom. The maximum atomic E-state index is 12.2. The summed E-state index contributed by atoms with van der Waals surface area (Å²) in [5.41, 5.74) is -0.599. The van der Waals surface area contributed by atoms with E-state index >= 15 is 0 Å². The number of ether oxygens (including phenoxy) is 2. The normalized spacial score (nSPS) is 14.7. The van der Waals surface area contributed by atoms with E-state index in [0.717, 1.165) is 0 Å². The monoisotopic (exact) mass is 340 g/mol. The van der Waals surface area contributed by atoms with Gasteiger partial charge in [0.25, 0.3) is 0 Å². The highest BCUT2D eigenvalue weighted by molar-refractivity contribution is 5.74. The zero-order valence-corrected chi connectivity index (χ0v) is 15.7. The highest BCUT2D eigenvalue weighted by Crippen LogP contribution is 2.19. The smallest absolute Gasteiger partial charge is 0.408 e. The molecule has 8 nitrogen and oxygen atoms in total. The van der Waals surface area contributed by atoms with Gasteiger partial charge in [-0.05, 0) is 55.4 Å². The van der Waals surface area contributed by atoms with Gasteiger partial charge in [-0.3, -0.25) is 0 Å². The average Bonchev–Trinajstić information content (AvgIpc) is 2.81. The number of rotatable bonds is 4. The zero-order chi connectivity index (χ0) is 18.7. The van der Waals surface area contributed by atoms with E-state index in [1.165, 1.54) is 10.9 Å². The van der Waals surface area contributed by atoms with E-state index in [1.807, 2.05) is 0 Å². The molecule has 0 radical (unpaired) electrons. The molecule has 1 heterocycles. The lowest BCUT2D eigenvalue weighted by Crippen LogP contribution is -2.36. The largest absolute Gasteiger partial charge is 0.458 e. The molecule has 0 saturated carbocycles. The Morgan fingerprint density at radius 3 is 2.12 bits per heavy atom. The van der Waals surface area contributed by atoms with Gasteiger partial charge in [0.15, 0.2) is 0 Å². The number of hydrogen-bond donors (Lipinski definition) is 1. The van der Waals surface area contributed by atoms with Crippen LogP contribution in [0.3, 0.4) is 0 Å². The van der Waals surface area contributed by atoms with E-state index in [-0.39, 0.29) is 0 Å². The van der Waals surface area contributed by atoms with Gasteiger partial charge in [-0.2, -0.15) is 0 Å². The van der Waals surface area contributed by atoms with Gasteiger partial charge in [-0.25, -0.2) is 14.3 Å². The molecule has 0 spiro atoms. The molecule has 136 valence electrons. The highest BCUT2D eigenvalue weighted by atomic mass is 16.6. The number of amides is 1. The fraction of sp³-hybridized carbons (Fsp3) is 0.750. The van der Waals surface area contributed by atoms with Gasteiger partial charge >= 0.3 is 12.1 Å². The van der Waals surface area contributed by atoms with Crippen molar-refractivity contribution in [2.75, 3.05) is 0 Å². The van der Waals surface area contributed by atoms with Crippen molar-refractivity contribution in [2.24, 2.45) is 0 Å². The number of esters is 1. The first-order valence-electron chi connectivity index (χ1n) is 7.92. The SMILES string of the molecule is C[C@H](NC(=O)OC(C)(C)C)c1cnnn1[C@@H](C)C(=O)OC(C)(C)C. The van der Waals surface area contributed by atoms with Gasteiger partial charge in [-0.15, -0.1) is 5.10 Å². The molecule has 0 fully saturated rings. The van der Waals surface area contributed by atoms with Crippen molar-refractivity contribution in [3.05, 3.63) is 11.9 Å². The van der Waals surface area contributed by atoms with Crippen molar-refractivity contribution in [1.29, 1.82) is 0 Å². The van der Waals surface area contributed by atoms with E-state index in [1.54, 1.807) is 55.4 Å². The number of nitrogens with one attached hydrogen (secondary N) is 1. The minimum Gasteiger partial charge on any atom is -0.458 e. The Balaban J connectivity index is 2.83. The molecule has 0 saturated heterocycles. The second-order valence-electron chi connectivity index (χ2n) is 7.68. The third-order valence-corrected chi connectivity index (χ3v) is 2.89. The molecule has 0 aliphatic carbocycles. The molecule has 1 rings (SSSR count). The maximum absolute atomic E-state index is 12.2. The van der Waals surface area contributed by atoms with Gasteiger partial charge < -0.3 is 14.8 Å². The van der Waals surface area contributed by atoms with Crippen LogP contribution in [-0.2, 0) is 14.3 Å². The van der Waals surface area contributed by atoms with Gasteiger partial charge in [0, 0.05) is 0 Å². The Morgan fingerprint density at radius 2 is 1.62 bits per heavy atom. The molecule has 0 aromatic carbocycles. The first kappa shape index (κ1) is 19.9. The minimum atomic E-state index is -0.662. The number of aromatic nitrogens is 3. The van der Waals surface area contributed by atoms with Crippen LogP contribution < -0.4 is 5.32 Å². The summed E-state index contributed by atoms with van der Waals surface area (Å²) >= 11 is 0. The molecule has 2 atom stereocenters. The van der Waals surface area contributed by atoms with E-state index in [9.17, 15) is 9.59 Å². The maximum Gasteiger partial charge on any atom is 0.408 e. The Bertz CT molecular complexity index is 584. The average molecular weight is 340 g/mol. The van der Waals surface area contributed by atoms with Gasteiger partial charge in [0.1, 0.15) is 17.2 Å². The molecule has 0 aliphatic rings. The molecule has 1 amide bonds. The summed E-state index contributed by atoms with van der Waals surface area (Å²) in [4.78, 5) is 24.1. The summed E-state index contributed by atoms with van der Waals surface area (Å²) in [5, 5.41) is 10.5. The topological polar surface area (TPSA) is 95.3 Å². The second-order valence-corrected chi connectivity index (χ2v) is 7.68. The van der Waals surface area contributed by atoms with Crippen molar-refractivity contribution >= 4 is 12.1 Å². The number of nitrogens with zero attached hydrogens (tertiary/aromatic N) is 3. The molecule has 1 N–H and O–H groups in total. The van der Waals surface area contributed by atoms with E-state index < -0.39 is 35.3 Å². The molecule has 1 aromatic heterocycles. The van der Waals surface area contributed by atoms with Crippen molar-refractivity contribution in [2.45, 2.75) is 78.7 Å². The molecule has 1 aromatic rings. The van der Waals surface area contributed by atoms with Crippen LogP contribution in [0.4, 0.5) is 4.79 Å². The lowest BCUT2D eigenvalue weighted by Gasteiger charge is -2.24. The van der Waals surface area contributed by atoms with E-state index in [0.29, 0.717) is 5.69 Å². The molecular weight excluding hydrogens is 312 g/mol. The number of alkyl carbamates (subject to hydrolysis) is 1. The standard InChI is InChI=1S/C16H28N4O4/c1-10(18-14(22)24-16(6,7)8)12-9-17-19-20(12)11(2)13(21)23-15(3,4)5/h9-11H,1-8H3,(H,18,22)/t10-,11-/m0/s1. The van der Waals surface area contributed by atoms with Crippen LogP contribution in [-0.4, -0.2) is 38.3 Å². The summed E-state index contributed by atoms with van der Waals surface area (Å²) in [6.45, 7) is 14.2. The number of hydrogen-bond acceptors (Lipinski definition) is 6. The molecule has 0 bridgehead atoms. The summed E-state index contributed by atoms with van der Waals surface area (Å²) in [6.07, 6.45) is 0.954. The van der Waals surface area contributed by atoms with Gasteiger partial charge in [-0.1, -0.05) is 5.21 Å². The molecule has 8 heteroatoms. The summed E-state index contributed by atoms with van der Waals surface area (Å²) in [7, 11) is 0. The molecule has 0 unspecified atom stereocenters. The van der Waals surface area contributed by atoms with Crippen molar-refractivity contribution in [1.82, 2.24) is 20.3 Å². The van der Waals surface area contributed by atoms with Gasteiger partial charge in [0.05, 0.1) is 17.9 Å². The Kier molecular flexibility index (Phi) is 5.97. The Labute approximate surface area is 142 Å². The van der Waals surface area contributed by atoms with E-state index in [2.05, 4.69) is 15.6 Å². The predicted molar refractivity (Wildman–Crippen MR) is 88.4 cm³/mol. The third kappa shape index (κ3) is 6.17. The van der Waals surface area contributed by atoms with Gasteiger partial charge in [0.2, 0.25) is 0 Å². The molecular formula is C16H28N4O4. The first-order chi connectivity index (χ1) is 10.8. The summed E-state index contributed by atoms with van der Waals surface area (Å²) in [5.74, 6) is -0.418. The number of carbonyl (C=O) groups excluding carboxylic acids is 2.